The monoisotopic (exact) mass is 237 g/mol. The van der Waals surface area contributed by atoms with Gasteiger partial charge in [0.25, 0.3) is 0 Å². The van der Waals surface area contributed by atoms with Gasteiger partial charge in [-0.2, -0.15) is 5.10 Å². The van der Waals surface area contributed by atoms with Gasteiger partial charge in [-0.25, -0.2) is 4.98 Å². The lowest BCUT2D eigenvalue weighted by Gasteiger charge is -2.27. The molecule has 1 aromatic rings. The lowest BCUT2D eigenvalue weighted by molar-refractivity contribution is -0.124. The van der Waals surface area contributed by atoms with Crippen LogP contribution in [0.25, 0.3) is 0 Å². The summed E-state index contributed by atoms with van der Waals surface area (Å²) in [7, 11) is 0. The molecule has 1 heterocycles. The van der Waals surface area contributed by atoms with Gasteiger partial charge in [-0.05, 0) is 32.6 Å². The third-order valence-electron chi connectivity index (χ3n) is 3.17. The van der Waals surface area contributed by atoms with E-state index in [1.165, 1.54) is 6.33 Å². The van der Waals surface area contributed by atoms with E-state index in [-0.39, 0.29) is 5.91 Å². The van der Waals surface area contributed by atoms with E-state index in [1.807, 2.05) is 6.92 Å². The first-order valence-electron chi connectivity index (χ1n) is 6.00. The molecule has 6 heteroatoms. The Morgan fingerprint density at radius 3 is 2.94 bits per heavy atom. The van der Waals surface area contributed by atoms with Crippen LogP contribution in [0.2, 0.25) is 0 Å². The van der Waals surface area contributed by atoms with Crippen molar-refractivity contribution in [1.82, 2.24) is 20.1 Å². The number of primary amides is 1. The summed E-state index contributed by atoms with van der Waals surface area (Å²) in [6.45, 7) is 2.64. The van der Waals surface area contributed by atoms with Crippen LogP contribution in [0.15, 0.2) is 12.7 Å². The Morgan fingerprint density at radius 1 is 1.65 bits per heavy atom. The summed E-state index contributed by atoms with van der Waals surface area (Å²) in [6.07, 6.45) is 7.05. The van der Waals surface area contributed by atoms with Crippen molar-refractivity contribution in [2.24, 2.45) is 5.73 Å². The Kier molecular flexibility index (Phi) is 3.42. The van der Waals surface area contributed by atoms with Gasteiger partial charge in [-0.15, -0.1) is 0 Å². The summed E-state index contributed by atoms with van der Waals surface area (Å²) in [5.41, 5.74) is 4.87. The van der Waals surface area contributed by atoms with Gasteiger partial charge >= 0.3 is 0 Å². The smallest absolute Gasteiger partial charge is 0.237 e. The highest BCUT2D eigenvalue weighted by Crippen LogP contribution is 2.24. The van der Waals surface area contributed by atoms with Crippen LogP contribution in [0.4, 0.5) is 0 Å². The average molecular weight is 237 g/mol. The van der Waals surface area contributed by atoms with Crippen LogP contribution in [0.1, 0.15) is 32.6 Å². The number of hydrogen-bond donors (Lipinski definition) is 2. The third kappa shape index (κ3) is 3.26. The maximum absolute atomic E-state index is 11.5. The SMILES string of the molecule is CC(CCCn1cncn1)(NC1CC1)C(N)=O. The molecule has 6 nitrogen and oxygen atoms in total. The standard InChI is InChI=1S/C11H19N5O/c1-11(10(12)17,15-9-3-4-9)5-2-6-16-8-13-7-14-16/h7-9,15H,2-6H2,1H3,(H2,12,17). The number of nitrogens with one attached hydrogen (secondary N) is 1. The van der Waals surface area contributed by atoms with Gasteiger partial charge in [0.15, 0.2) is 0 Å². The van der Waals surface area contributed by atoms with Gasteiger partial charge in [-0.1, -0.05) is 0 Å². The molecule has 0 saturated heterocycles. The molecule has 0 aromatic carbocycles. The van der Waals surface area contributed by atoms with Gasteiger partial charge < -0.3 is 11.1 Å². The fraction of sp³-hybridized carbons (Fsp3) is 0.727. The summed E-state index contributed by atoms with van der Waals surface area (Å²) in [6, 6.07) is 0.471. The van der Waals surface area contributed by atoms with Gasteiger partial charge in [0.05, 0.1) is 5.54 Å². The van der Waals surface area contributed by atoms with Crippen LogP contribution in [-0.4, -0.2) is 32.3 Å². The largest absolute Gasteiger partial charge is 0.368 e. The van der Waals surface area contributed by atoms with E-state index in [4.69, 9.17) is 5.73 Å². The zero-order valence-electron chi connectivity index (χ0n) is 10.1. The van der Waals surface area contributed by atoms with Crippen LogP contribution < -0.4 is 11.1 Å². The van der Waals surface area contributed by atoms with Crippen molar-refractivity contribution in [3.8, 4) is 0 Å². The number of hydrogen-bond acceptors (Lipinski definition) is 4. The Balaban J connectivity index is 1.82. The molecule has 1 aliphatic rings. The molecule has 0 spiro atoms. The number of rotatable bonds is 7. The maximum Gasteiger partial charge on any atom is 0.237 e. The summed E-state index contributed by atoms with van der Waals surface area (Å²) < 4.78 is 1.76. The summed E-state index contributed by atoms with van der Waals surface area (Å²) in [4.78, 5) is 15.4. The van der Waals surface area contributed by atoms with Crippen molar-refractivity contribution < 1.29 is 4.79 Å². The van der Waals surface area contributed by atoms with Gasteiger partial charge in [-0.3, -0.25) is 9.48 Å². The van der Waals surface area contributed by atoms with Crippen molar-refractivity contribution in [2.75, 3.05) is 0 Å². The van der Waals surface area contributed by atoms with Crippen LogP contribution >= 0.6 is 0 Å². The van der Waals surface area contributed by atoms with Gasteiger partial charge in [0.2, 0.25) is 5.91 Å². The van der Waals surface area contributed by atoms with Crippen LogP contribution in [-0.2, 0) is 11.3 Å². The molecule has 94 valence electrons. The van der Waals surface area contributed by atoms with E-state index in [9.17, 15) is 4.79 Å². The highest BCUT2D eigenvalue weighted by Gasteiger charge is 2.36. The Morgan fingerprint density at radius 2 is 2.41 bits per heavy atom. The molecule has 17 heavy (non-hydrogen) atoms. The maximum atomic E-state index is 11.5. The number of amides is 1. The van der Waals surface area contributed by atoms with Crippen molar-refractivity contribution in [3.63, 3.8) is 0 Å². The number of nitrogens with zero attached hydrogens (tertiary/aromatic N) is 3. The highest BCUT2D eigenvalue weighted by molar-refractivity contribution is 5.84. The fourth-order valence-electron chi connectivity index (χ4n) is 1.89. The van der Waals surface area contributed by atoms with Gasteiger partial charge in [0, 0.05) is 12.6 Å². The number of carbonyl (C=O) groups is 1. The van der Waals surface area contributed by atoms with Crippen LogP contribution in [0, 0.1) is 0 Å². The minimum absolute atomic E-state index is 0.275. The molecule has 1 unspecified atom stereocenters. The topological polar surface area (TPSA) is 85.8 Å². The first kappa shape index (κ1) is 12.0. The second-order valence-electron chi connectivity index (χ2n) is 4.88. The Bertz CT molecular complexity index is 373. The van der Waals surface area contributed by atoms with Crippen molar-refractivity contribution in [1.29, 1.82) is 0 Å². The average Bonchev–Trinajstić information content (AvgIpc) is 2.93. The normalized spacial score (nSPS) is 18.9. The molecule has 3 N–H and O–H groups in total. The summed E-state index contributed by atoms with van der Waals surface area (Å²) >= 11 is 0. The van der Waals surface area contributed by atoms with E-state index in [2.05, 4.69) is 15.4 Å². The number of aryl methyl sites for hydroxylation is 1. The lowest BCUT2D eigenvalue weighted by atomic mass is 9.94. The van der Waals surface area contributed by atoms with Crippen LogP contribution in [0.5, 0.6) is 0 Å². The van der Waals surface area contributed by atoms with E-state index in [1.54, 1.807) is 11.0 Å². The first-order valence-corrected chi connectivity index (χ1v) is 6.00. The summed E-state index contributed by atoms with van der Waals surface area (Å²) in [5.74, 6) is -0.275. The van der Waals surface area contributed by atoms with E-state index in [0.29, 0.717) is 6.04 Å². The quantitative estimate of drug-likeness (QED) is 0.702. The third-order valence-corrected chi connectivity index (χ3v) is 3.17. The fourth-order valence-corrected chi connectivity index (χ4v) is 1.89. The van der Waals surface area contributed by atoms with E-state index in [0.717, 1.165) is 32.2 Å². The number of nitrogens with two attached hydrogens (primary N) is 1. The predicted octanol–water partition coefficient (Wildman–Crippen LogP) is 0.0543. The molecule has 1 aliphatic carbocycles. The molecule has 0 radical (unpaired) electrons. The van der Waals surface area contributed by atoms with Gasteiger partial charge in [0.1, 0.15) is 12.7 Å². The zero-order valence-corrected chi connectivity index (χ0v) is 10.1. The molecule has 0 aliphatic heterocycles. The van der Waals surface area contributed by atoms with E-state index >= 15 is 0 Å². The van der Waals surface area contributed by atoms with Crippen molar-refractivity contribution >= 4 is 5.91 Å². The van der Waals surface area contributed by atoms with Crippen LogP contribution in [0.3, 0.4) is 0 Å². The van der Waals surface area contributed by atoms with E-state index < -0.39 is 5.54 Å². The molecule has 1 saturated carbocycles. The van der Waals surface area contributed by atoms with Crippen molar-refractivity contribution in [3.05, 3.63) is 12.7 Å². The second-order valence-corrected chi connectivity index (χ2v) is 4.88. The molecular formula is C11H19N5O. The number of aromatic nitrogens is 3. The molecule has 1 aromatic heterocycles. The Hall–Kier alpha value is -1.43. The molecule has 1 atom stereocenters. The minimum atomic E-state index is -0.595. The molecule has 1 amide bonds. The second kappa shape index (κ2) is 4.83. The highest BCUT2D eigenvalue weighted by atomic mass is 16.1. The molecule has 1 fully saturated rings. The zero-order chi connectivity index (χ0) is 12.3. The van der Waals surface area contributed by atoms with Crippen molar-refractivity contribution in [2.45, 2.75) is 50.7 Å². The summed E-state index contributed by atoms with van der Waals surface area (Å²) in [5, 5.41) is 7.35. The molecule has 0 bridgehead atoms. The Labute approximate surface area is 101 Å². The molecule has 2 rings (SSSR count). The number of carbonyl (C=O) groups excluding carboxylic acids is 1. The molecular weight excluding hydrogens is 218 g/mol. The minimum Gasteiger partial charge on any atom is -0.368 e. The predicted molar refractivity (Wildman–Crippen MR) is 63.0 cm³/mol. The lowest BCUT2D eigenvalue weighted by Crippen LogP contribution is -2.54. The first-order chi connectivity index (χ1) is 8.10.